The minimum atomic E-state index is -3.96. The number of hydrogen-bond donors (Lipinski definition) is 2. The van der Waals surface area contributed by atoms with Crippen LogP contribution in [0.5, 0.6) is 0 Å². The molecule has 0 radical (unpaired) electrons. The molecule has 6 heterocycles. The number of hydrogen-bond acceptors (Lipinski definition) is 8. The average Bonchev–Trinajstić information content (AvgIpc) is 3.39. The standard InChI is InChI=1S/C27H35ClN6O5S2/c28-23-7-6-22-21(30-23)11-25(40-22)41(38,39)31-20-5-3-9-32(27(20)37)16-24(35)33-12-17-10-18(13-33)15-34(14-17)26(36)19-4-1-2-8-29-19/h6-7,11,17-20,29,31H,1-5,8-10,12-16H2. The second kappa shape index (κ2) is 11.8. The van der Waals surface area contributed by atoms with E-state index >= 15 is 0 Å². The van der Waals surface area contributed by atoms with Gasteiger partial charge in [-0.3, -0.25) is 14.4 Å². The molecule has 4 fully saturated rings. The van der Waals surface area contributed by atoms with Crippen LogP contribution < -0.4 is 10.0 Å². The van der Waals surface area contributed by atoms with Gasteiger partial charge in [0, 0.05) is 32.7 Å². The lowest BCUT2D eigenvalue weighted by Gasteiger charge is -2.47. The summed E-state index contributed by atoms with van der Waals surface area (Å²) in [5.41, 5.74) is 0.481. The number of amides is 3. The third-order valence-electron chi connectivity index (χ3n) is 8.59. The van der Waals surface area contributed by atoms with E-state index in [1.165, 1.54) is 11.0 Å². The Morgan fingerprint density at radius 3 is 2.56 bits per heavy atom. The maximum atomic E-state index is 13.3. The van der Waals surface area contributed by atoms with Crippen molar-refractivity contribution in [1.82, 2.24) is 29.7 Å². The lowest BCUT2D eigenvalue weighted by Crippen LogP contribution is -2.60. The first kappa shape index (κ1) is 28.8. The molecule has 2 aromatic rings. The van der Waals surface area contributed by atoms with Crippen LogP contribution in [0.4, 0.5) is 0 Å². The van der Waals surface area contributed by atoms with Gasteiger partial charge in [-0.1, -0.05) is 18.0 Å². The van der Waals surface area contributed by atoms with Gasteiger partial charge in [0.15, 0.2) is 0 Å². The monoisotopic (exact) mass is 622 g/mol. The highest BCUT2D eigenvalue weighted by Gasteiger charge is 2.40. The fraction of sp³-hybridized carbons (Fsp3) is 0.630. The van der Waals surface area contributed by atoms with Crippen molar-refractivity contribution in [2.45, 2.75) is 54.8 Å². The number of carbonyl (C=O) groups is 3. The van der Waals surface area contributed by atoms with Crippen molar-refractivity contribution < 1.29 is 22.8 Å². The minimum Gasteiger partial charge on any atom is -0.341 e. The number of piperidine rings is 4. The Balaban J connectivity index is 1.05. The summed E-state index contributed by atoms with van der Waals surface area (Å²) in [6.07, 6.45) is 5.02. The number of likely N-dealkylation sites (tertiary alicyclic amines) is 3. The summed E-state index contributed by atoms with van der Waals surface area (Å²) >= 11 is 7.00. The molecule has 3 amide bonds. The van der Waals surface area contributed by atoms with Crippen LogP contribution in [0.1, 0.15) is 38.5 Å². The molecule has 0 aliphatic carbocycles. The molecule has 11 nitrogen and oxygen atoms in total. The number of nitrogens with one attached hydrogen (secondary N) is 2. The zero-order valence-corrected chi connectivity index (χ0v) is 25.1. The largest absolute Gasteiger partial charge is 0.341 e. The summed E-state index contributed by atoms with van der Waals surface area (Å²) in [5.74, 6) is 0.118. The molecule has 222 valence electrons. The van der Waals surface area contributed by atoms with Gasteiger partial charge in [-0.05, 0) is 68.7 Å². The second-order valence-electron chi connectivity index (χ2n) is 11.7. The van der Waals surface area contributed by atoms with E-state index in [0.29, 0.717) is 55.8 Å². The fourth-order valence-corrected chi connectivity index (χ4v) is 9.39. The summed E-state index contributed by atoms with van der Waals surface area (Å²) in [4.78, 5) is 49.1. The van der Waals surface area contributed by atoms with E-state index in [4.69, 9.17) is 11.6 Å². The van der Waals surface area contributed by atoms with Crippen LogP contribution in [0.2, 0.25) is 5.15 Å². The predicted octanol–water partition coefficient (Wildman–Crippen LogP) is 1.67. The summed E-state index contributed by atoms with van der Waals surface area (Å²) in [7, 11) is -3.96. The van der Waals surface area contributed by atoms with Gasteiger partial charge in [0.1, 0.15) is 15.4 Å². The molecule has 4 unspecified atom stereocenters. The number of sulfonamides is 1. The summed E-state index contributed by atoms with van der Waals surface area (Å²) in [6, 6.07) is 3.74. The van der Waals surface area contributed by atoms with Crippen molar-refractivity contribution in [3.8, 4) is 0 Å². The van der Waals surface area contributed by atoms with Crippen molar-refractivity contribution in [3.63, 3.8) is 0 Å². The first-order chi connectivity index (χ1) is 19.7. The molecule has 4 aliphatic heterocycles. The van der Waals surface area contributed by atoms with Gasteiger partial charge in [0.05, 0.1) is 22.8 Å². The third-order valence-corrected chi connectivity index (χ3v) is 11.8. The molecular weight excluding hydrogens is 588 g/mol. The summed E-state index contributed by atoms with van der Waals surface area (Å²) < 4.78 is 29.6. The van der Waals surface area contributed by atoms with E-state index in [-0.39, 0.29) is 51.5 Å². The van der Waals surface area contributed by atoms with Gasteiger partial charge in [0.2, 0.25) is 17.7 Å². The Bertz CT molecular complexity index is 1430. The molecule has 4 saturated heterocycles. The highest BCUT2D eigenvalue weighted by atomic mass is 35.5. The van der Waals surface area contributed by atoms with E-state index in [2.05, 4.69) is 15.0 Å². The van der Waals surface area contributed by atoms with Gasteiger partial charge in [-0.15, -0.1) is 11.3 Å². The van der Waals surface area contributed by atoms with Crippen LogP contribution in [0, 0.1) is 11.8 Å². The van der Waals surface area contributed by atoms with Crippen molar-refractivity contribution in [3.05, 3.63) is 23.4 Å². The smallest absolute Gasteiger partial charge is 0.250 e. The minimum absolute atomic E-state index is 0.0647. The lowest BCUT2D eigenvalue weighted by molar-refractivity contribution is -0.147. The van der Waals surface area contributed by atoms with E-state index in [9.17, 15) is 22.8 Å². The maximum Gasteiger partial charge on any atom is 0.250 e. The quantitative estimate of drug-likeness (QED) is 0.469. The van der Waals surface area contributed by atoms with Crippen LogP contribution in [-0.2, 0) is 24.4 Å². The molecule has 2 N–H and O–H groups in total. The van der Waals surface area contributed by atoms with E-state index in [0.717, 1.165) is 43.6 Å². The SMILES string of the molecule is O=C(CN1CCCC(NS(=O)(=O)c2cc3nc(Cl)ccc3s2)C1=O)N1CC2CC(C1)CN(C(=O)C1CCCCN1)C2. The molecule has 0 spiro atoms. The zero-order valence-electron chi connectivity index (χ0n) is 22.8. The van der Waals surface area contributed by atoms with Crippen LogP contribution in [0.3, 0.4) is 0 Å². The first-order valence-corrected chi connectivity index (χ1v) is 17.0. The number of aromatic nitrogens is 1. The molecule has 0 aromatic carbocycles. The van der Waals surface area contributed by atoms with Crippen LogP contribution in [-0.4, -0.2) is 104 Å². The van der Waals surface area contributed by atoms with Gasteiger partial charge in [-0.25, -0.2) is 13.4 Å². The van der Waals surface area contributed by atoms with Crippen molar-refractivity contribution in [2.75, 3.05) is 45.8 Å². The van der Waals surface area contributed by atoms with Crippen LogP contribution in [0.25, 0.3) is 10.2 Å². The Morgan fingerprint density at radius 1 is 1.07 bits per heavy atom. The fourth-order valence-electron chi connectivity index (χ4n) is 6.67. The number of rotatable bonds is 6. The molecule has 2 bridgehead atoms. The summed E-state index contributed by atoms with van der Waals surface area (Å²) in [5, 5.41) is 3.62. The molecule has 41 heavy (non-hydrogen) atoms. The molecule has 4 aliphatic rings. The van der Waals surface area contributed by atoms with Crippen molar-refractivity contribution >= 4 is 60.9 Å². The third kappa shape index (κ3) is 6.24. The number of carbonyl (C=O) groups excluding carboxylic acids is 3. The van der Waals surface area contributed by atoms with Gasteiger partial charge in [0.25, 0.3) is 10.0 Å². The van der Waals surface area contributed by atoms with Crippen molar-refractivity contribution in [2.24, 2.45) is 11.8 Å². The average molecular weight is 623 g/mol. The topological polar surface area (TPSA) is 132 Å². The Hall–Kier alpha value is -2.32. The molecular formula is C27H35ClN6O5S2. The second-order valence-corrected chi connectivity index (χ2v) is 15.1. The number of thiophene rings is 1. The predicted molar refractivity (Wildman–Crippen MR) is 155 cm³/mol. The lowest BCUT2D eigenvalue weighted by atomic mass is 9.84. The van der Waals surface area contributed by atoms with E-state index in [1.807, 2.05) is 9.80 Å². The molecule has 4 atom stereocenters. The molecule has 2 aromatic heterocycles. The van der Waals surface area contributed by atoms with Gasteiger partial charge < -0.3 is 20.0 Å². The Labute approximate surface area is 248 Å². The highest BCUT2D eigenvalue weighted by Crippen LogP contribution is 2.31. The Kier molecular flexibility index (Phi) is 8.25. The highest BCUT2D eigenvalue weighted by molar-refractivity contribution is 7.91. The number of pyridine rings is 1. The Morgan fingerprint density at radius 2 is 1.83 bits per heavy atom. The van der Waals surface area contributed by atoms with E-state index in [1.54, 1.807) is 12.1 Å². The molecule has 6 rings (SSSR count). The van der Waals surface area contributed by atoms with Crippen LogP contribution in [0.15, 0.2) is 22.4 Å². The first-order valence-electron chi connectivity index (χ1n) is 14.3. The number of halogens is 1. The van der Waals surface area contributed by atoms with Gasteiger partial charge >= 0.3 is 0 Å². The maximum absolute atomic E-state index is 13.3. The number of nitrogens with zero attached hydrogens (tertiary/aromatic N) is 4. The zero-order chi connectivity index (χ0) is 28.7. The van der Waals surface area contributed by atoms with Crippen LogP contribution >= 0.6 is 22.9 Å². The normalized spacial score (nSPS) is 27.3. The van der Waals surface area contributed by atoms with E-state index < -0.39 is 16.1 Å². The molecule has 0 saturated carbocycles. The number of fused-ring (bicyclic) bond motifs is 3. The van der Waals surface area contributed by atoms with Gasteiger partial charge in [-0.2, -0.15) is 4.72 Å². The molecule has 14 heteroatoms. The summed E-state index contributed by atoms with van der Waals surface area (Å²) in [6.45, 7) is 3.67. The van der Waals surface area contributed by atoms with Crippen molar-refractivity contribution in [1.29, 1.82) is 0 Å².